The molecule has 0 spiro atoms. The van der Waals surface area contributed by atoms with Gasteiger partial charge in [0.25, 0.3) is 0 Å². The smallest absolute Gasteiger partial charge is 0.352 e. The van der Waals surface area contributed by atoms with Crippen LogP contribution in [0.1, 0.15) is 42.6 Å². The van der Waals surface area contributed by atoms with Crippen LogP contribution in [0, 0.1) is 24.7 Å². The Bertz CT molecular complexity index is 1180. The number of phenols is 1. The molecule has 0 bridgehead atoms. The molecule has 6 atom stereocenters. The average Bonchev–Trinajstić information content (AvgIpc) is 3.29. The molecule has 194 valence electrons. The Morgan fingerprint density at radius 1 is 1.28 bits per heavy atom. The van der Waals surface area contributed by atoms with Crippen LogP contribution in [-0.4, -0.2) is 80.0 Å². The number of aromatic hydroxyl groups is 1. The number of primary amides is 1. The molecule has 1 aromatic rings. The molecule has 10 nitrogen and oxygen atoms in total. The van der Waals surface area contributed by atoms with Crippen molar-refractivity contribution in [2.75, 3.05) is 13.1 Å². The molecule has 3 aliphatic rings. The van der Waals surface area contributed by atoms with Crippen LogP contribution in [0.25, 0.3) is 0 Å². The van der Waals surface area contributed by atoms with Gasteiger partial charge >= 0.3 is 5.97 Å². The molecule has 0 aliphatic carbocycles. The van der Waals surface area contributed by atoms with E-state index in [1.807, 2.05) is 6.92 Å². The van der Waals surface area contributed by atoms with Crippen LogP contribution >= 0.6 is 11.6 Å². The van der Waals surface area contributed by atoms with E-state index >= 15 is 0 Å². The maximum atomic E-state index is 13.0. The highest BCUT2D eigenvalue weighted by molar-refractivity contribution is 6.34. The lowest BCUT2D eigenvalue weighted by Crippen LogP contribution is -2.63. The Kier molecular flexibility index (Phi) is 6.89. The minimum atomic E-state index is -1.24. The second kappa shape index (κ2) is 9.49. The number of fused-ring (bicyclic) bond motifs is 1. The number of likely N-dealkylation sites (tertiary alicyclic amines) is 1. The SMILES string of the molecule is Cc1c(O)ccc(C(=O)C[C@H]2C[C@H](C(N)=O)N(CC3=C(C(=O)O)N4C(=O)[C@H]([C@@H](C)O)[C@H]4[C@H]3C)C2)c1Cl. The van der Waals surface area contributed by atoms with E-state index in [1.54, 1.807) is 11.8 Å². The van der Waals surface area contributed by atoms with Gasteiger partial charge in [0.2, 0.25) is 11.8 Å². The van der Waals surface area contributed by atoms with E-state index < -0.39 is 41.9 Å². The van der Waals surface area contributed by atoms with Crippen molar-refractivity contribution in [1.82, 2.24) is 9.80 Å². The zero-order valence-electron chi connectivity index (χ0n) is 20.3. The van der Waals surface area contributed by atoms with Crippen molar-refractivity contribution in [3.05, 3.63) is 39.6 Å². The normalized spacial score (nSPS) is 28.8. The molecule has 36 heavy (non-hydrogen) atoms. The molecule has 3 heterocycles. The summed E-state index contributed by atoms with van der Waals surface area (Å²) in [7, 11) is 0. The second-order valence-corrected chi connectivity index (χ2v) is 10.5. The van der Waals surface area contributed by atoms with E-state index in [4.69, 9.17) is 17.3 Å². The molecule has 3 aliphatic heterocycles. The van der Waals surface area contributed by atoms with Gasteiger partial charge in [-0.2, -0.15) is 0 Å². The van der Waals surface area contributed by atoms with Gasteiger partial charge in [0.05, 0.1) is 29.1 Å². The van der Waals surface area contributed by atoms with Crippen LogP contribution in [0.5, 0.6) is 5.75 Å². The third-order valence-electron chi connectivity index (χ3n) is 7.84. The highest BCUT2D eigenvalue weighted by Crippen LogP contribution is 2.47. The topological polar surface area (TPSA) is 161 Å². The number of halogens is 1. The molecular weight excluding hydrogens is 490 g/mol. The molecule has 2 fully saturated rings. The first-order valence-corrected chi connectivity index (χ1v) is 12.2. The molecular formula is C25H30ClN3O7. The summed E-state index contributed by atoms with van der Waals surface area (Å²) in [6.07, 6.45) is -0.490. The van der Waals surface area contributed by atoms with Crippen LogP contribution < -0.4 is 5.73 Å². The Balaban J connectivity index is 1.55. The standard InChI is InChI=1S/C25H30ClN3O7/c1-10-15(22(25(35)36)29-21(10)19(12(3)30)24(29)34)9-28-8-13(6-16(28)23(27)33)7-18(32)14-4-5-17(31)11(2)20(14)26/h4-5,10,12-13,16,19,21,30-31H,6-9H2,1-3H3,(H2,27,33)(H,35,36)/t10-,12+,13+,16+,19+,21+/m0/s1. The fourth-order valence-electron chi connectivity index (χ4n) is 5.95. The first-order chi connectivity index (χ1) is 16.8. The highest BCUT2D eigenvalue weighted by atomic mass is 35.5. The number of carbonyl (C=O) groups excluding carboxylic acids is 3. The van der Waals surface area contributed by atoms with Crippen LogP contribution in [0.3, 0.4) is 0 Å². The lowest BCUT2D eigenvalue weighted by Gasteiger charge is -2.46. The lowest BCUT2D eigenvalue weighted by molar-refractivity contribution is -0.163. The van der Waals surface area contributed by atoms with Gasteiger partial charge in [-0.15, -0.1) is 0 Å². The predicted molar refractivity (Wildman–Crippen MR) is 129 cm³/mol. The van der Waals surface area contributed by atoms with Crippen molar-refractivity contribution in [3.63, 3.8) is 0 Å². The third-order valence-corrected chi connectivity index (χ3v) is 8.33. The highest BCUT2D eigenvalue weighted by Gasteiger charge is 2.60. The van der Waals surface area contributed by atoms with Gasteiger partial charge in [0.1, 0.15) is 11.4 Å². The van der Waals surface area contributed by atoms with Crippen molar-refractivity contribution in [3.8, 4) is 5.75 Å². The van der Waals surface area contributed by atoms with E-state index in [0.29, 0.717) is 24.1 Å². The van der Waals surface area contributed by atoms with Crippen LogP contribution in [0.2, 0.25) is 5.02 Å². The number of hydrogen-bond acceptors (Lipinski definition) is 7. The minimum Gasteiger partial charge on any atom is -0.508 e. The van der Waals surface area contributed by atoms with Gasteiger partial charge in [0, 0.05) is 36.6 Å². The number of amides is 2. The minimum absolute atomic E-state index is 0.00778. The largest absolute Gasteiger partial charge is 0.508 e. The van der Waals surface area contributed by atoms with E-state index in [2.05, 4.69) is 0 Å². The Morgan fingerprint density at radius 2 is 1.94 bits per heavy atom. The molecule has 0 unspecified atom stereocenters. The Morgan fingerprint density at radius 3 is 2.53 bits per heavy atom. The monoisotopic (exact) mass is 519 g/mol. The van der Waals surface area contributed by atoms with E-state index in [1.165, 1.54) is 24.0 Å². The number of carboxylic acids is 1. The maximum absolute atomic E-state index is 13.0. The summed E-state index contributed by atoms with van der Waals surface area (Å²) in [4.78, 5) is 53.0. The van der Waals surface area contributed by atoms with Gasteiger partial charge < -0.3 is 26.0 Å². The fourth-order valence-corrected chi connectivity index (χ4v) is 6.22. The zero-order valence-corrected chi connectivity index (χ0v) is 21.0. The van der Waals surface area contributed by atoms with Crippen molar-refractivity contribution >= 4 is 35.2 Å². The van der Waals surface area contributed by atoms with Crippen molar-refractivity contribution in [1.29, 1.82) is 0 Å². The van der Waals surface area contributed by atoms with Crippen molar-refractivity contribution < 1.29 is 34.5 Å². The number of ketones is 1. The molecule has 0 aromatic heterocycles. The summed E-state index contributed by atoms with van der Waals surface area (Å²) >= 11 is 6.26. The number of phenolic OH excluding ortho intramolecular Hbond substituents is 1. The van der Waals surface area contributed by atoms with Gasteiger partial charge in [-0.25, -0.2) is 4.79 Å². The number of nitrogens with two attached hydrogens (primary N) is 1. The number of aliphatic hydroxyl groups excluding tert-OH is 1. The zero-order chi connectivity index (χ0) is 26.6. The Hall–Kier alpha value is -2.95. The summed E-state index contributed by atoms with van der Waals surface area (Å²) in [5, 5.41) is 29.9. The second-order valence-electron chi connectivity index (χ2n) is 10.1. The number of carboxylic acid groups (broad SMARTS) is 1. The summed E-state index contributed by atoms with van der Waals surface area (Å²) in [6, 6.07) is 1.72. The molecule has 2 amide bonds. The number of carbonyl (C=O) groups is 4. The summed E-state index contributed by atoms with van der Waals surface area (Å²) < 4.78 is 0. The number of aliphatic hydroxyl groups is 1. The maximum Gasteiger partial charge on any atom is 0.352 e. The van der Waals surface area contributed by atoms with Crippen LogP contribution in [-0.2, 0) is 14.4 Å². The van der Waals surface area contributed by atoms with Gasteiger partial charge in [-0.1, -0.05) is 18.5 Å². The van der Waals surface area contributed by atoms with E-state index in [-0.39, 0.29) is 52.6 Å². The number of benzene rings is 1. The number of rotatable bonds is 8. The summed E-state index contributed by atoms with van der Waals surface area (Å²) in [5.74, 6) is -3.72. The Labute approximate surface area is 213 Å². The molecule has 2 saturated heterocycles. The fraction of sp³-hybridized carbons (Fsp3) is 0.520. The van der Waals surface area contributed by atoms with Gasteiger partial charge in [-0.3, -0.25) is 19.3 Å². The van der Waals surface area contributed by atoms with Crippen LogP contribution in [0.4, 0.5) is 0 Å². The summed E-state index contributed by atoms with van der Waals surface area (Å²) in [5.41, 5.74) is 6.75. The number of nitrogens with zero attached hydrogens (tertiary/aromatic N) is 2. The molecule has 0 saturated carbocycles. The molecule has 0 radical (unpaired) electrons. The van der Waals surface area contributed by atoms with E-state index in [0.717, 1.165) is 0 Å². The first-order valence-electron chi connectivity index (χ1n) is 11.9. The van der Waals surface area contributed by atoms with Gasteiger partial charge in [0.15, 0.2) is 5.78 Å². The number of hydrogen-bond donors (Lipinski definition) is 4. The average molecular weight is 520 g/mol. The third kappa shape index (κ3) is 4.16. The van der Waals surface area contributed by atoms with Gasteiger partial charge in [-0.05, 0) is 43.9 Å². The molecule has 4 rings (SSSR count). The van der Waals surface area contributed by atoms with Crippen molar-refractivity contribution in [2.45, 2.75) is 51.8 Å². The first kappa shape index (κ1) is 26.1. The lowest BCUT2D eigenvalue weighted by atomic mass is 9.77. The van der Waals surface area contributed by atoms with E-state index in [9.17, 15) is 34.5 Å². The van der Waals surface area contributed by atoms with Crippen LogP contribution in [0.15, 0.2) is 23.4 Å². The number of β-lactam (4-membered cyclic amide) rings is 1. The molecule has 1 aromatic carbocycles. The molecule has 5 N–H and O–H groups in total. The molecule has 11 heteroatoms. The number of aliphatic carboxylic acids is 1. The predicted octanol–water partition coefficient (Wildman–Crippen LogP) is 1.30. The quantitative estimate of drug-likeness (QED) is 0.295. The summed E-state index contributed by atoms with van der Waals surface area (Å²) in [6.45, 7) is 5.37. The number of Topliss-reactive ketones (excluding diaryl/α,β-unsaturated/α-hetero) is 1. The van der Waals surface area contributed by atoms with Crippen molar-refractivity contribution in [2.24, 2.45) is 23.5 Å².